The van der Waals surface area contributed by atoms with Gasteiger partial charge in [0.15, 0.2) is 0 Å². The number of carbonyl (C=O) groups is 2. The SMILES string of the molecule is CC(C)(C)C#Cc1cc(N2C(=O)C(CCO)CC[C@H]2C2CCCCC2)c(C(=O)O)s1. The summed E-state index contributed by atoms with van der Waals surface area (Å²) in [6.45, 7) is 6.01. The summed E-state index contributed by atoms with van der Waals surface area (Å²) in [7, 11) is 0. The van der Waals surface area contributed by atoms with Crippen molar-refractivity contribution < 1.29 is 19.8 Å². The standard InChI is InChI=1S/C24H33NO4S/c1-24(2,3)13-11-18-15-20(21(30-18)23(28)29)25-19(16-7-5-4-6-8-16)10-9-17(12-14-26)22(25)27/h15-17,19,26H,4-10,12,14H2,1-3H3,(H,28,29)/t17?,19-/m0/s1. The summed E-state index contributed by atoms with van der Waals surface area (Å²) < 4.78 is 0. The van der Waals surface area contributed by atoms with Crippen LogP contribution in [0.4, 0.5) is 5.69 Å². The molecule has 2 fully saturated rings. The van der Waals surface area contributed by atoms with Crippen LogP contribution in [0.15, 0.2) is 6.07 Å². The third kappa shape index (κ3) is 5.25. The highest BCUT2D eigenvalue weighted by atomic mass is 32.1. The minimum atomic E-state index is -1.02. The molecule has 1 aromatic heterocycles. The smallest absolute Gasteiger partial charge is 0.348 e. The quantitative estimate of drug-likeness (QED) is 0.649. The number of aliphatic hydroxyl groups is 1. The summed E-state index contributed by atoms with van der Waals surface area (Å²) in [5, 5.41) is 19.3. The summed E-state index contributed by atoms with van der Waals surface area (Å²) in [6.07, 6.45) is 7.79. The molecule has 1 unspecified atom stereocenters. The lowest BCUT2D eigenvalue weighted by Gasteiger charge is -2.44. The van der Waals surface area contributed by atoms with Gasteiger partial charge >= 0.3 is 5.97 Å². The minimum absolute atomic E-state index is 0.0314. The van der Waals surface area contributed by atoms with E-state index in [-0.39, 0.29) is 34.8 Å². The number of carboxylic acid groups (broad SMARTS) is 1. The van der Waals surface area contributed by atoms with Crippen LogP contribution in [-0.2, 0) is 4.79 Å². The molecule has 5 nitrogen and oxygen atoms in total. The molecule has 0 aromatic carbocycles. The van der Waals surface area contributed by atoms with Crippen LogP contribution in [0.25, 0.3) is 0 Å². The van der Waals surface area contributed by atoms with E-state index < -0.39 is 5.97 Å². The Morgan fingerprint density at radius 3 is 2.50 bits per heavy atom. The summed E-state index contributed by atoms with van der Waals surface area (Å²) in [4.78, 5) is 28.2. The van der Waals surface area contributed by atoms with Crippen LogP contribution in [0.3, 0.4) is 0 Å². The van der Waals surface area contributed by atoms with E-state index in [0.717, 1.165) is 37.0 Å². The molecule has 0 bridgehead atoms. The zero-order valence-corrected chi connectivity index (χ0v) is 19.1. The van der Waals surface area contributed by atoms with Crippen LogP contribution in [-0.4, -0.2) is 34.7 Å². The Balaban J connectivity index is 2.03. The fourth-order valence-electron chi connectivity index (χ4n) is 4.70. The number of piperidine rings is 1. The molecule has 2 heterocycles. The van der Waals surface area contributed by atoms with E-state index in [1.165, 1.54) is 19.3 Å². The molecule has 3 rings (SSSR count). The number of carboxylic acids is 1. The highest BCUT2D eigenvalue weighted by Crippen LogP contribution is 2.42. The summed E-state index contributed by atoms with van der Waals surface area (Å²) in [6, 6.07) is 1.82. The van der Waals surface area contributed by atoms with Crippen molar-refractivity contribution in [2.24, 2.45) is 17.3 Å². The maximum Gasteiger partial charge on any atom is 0.348 e. The number of nitrogens with zero attached hydrogens (tertiary/aromatic N) is 1. The summed E-state index contributed by atoms with van der Waals surface area (Å²) in [5.41, 5.74) is 0.305. The van der Waals surface area contributed by atoms with Crippen molar-refractivity contribution in [3.8, 4) is 11.8 Å². The fourth-order valence-corrected chi connectivity index (χ4v) is 5.54. The molecule has 2 N–H and O–H groups in total. The fraction of sp³-hybridized carbons (Fsp3) is 0.667. The molecule has 1 aliphatic heterocycles. The average molecular weight is 432 g/mol. The van der Waals surface area contributed by atoms with Gasteiger partial charge in [0, 0.05) is 24.0 Å². The molecule has 0 spiro atoms. The Hall–Kier alpha value is -1.84. The lowest BCUT2D eigenvalue weighted by atomic mass is 9.77. The first-order valence-electron chi connectivity index (χ1n) is 11.1. The normalized spacial score (nSPS) is 23.2. The van der Waals surface area contributed by atoms with E-state index in [2.05, 4.69) is 11.8 Å². The van der Waals surface area contributed by atoms with Crippen molar-refractivity contribution >= 4 is 28.9 Å². The van der Waals surface area contributed by atoms with Crippen molar-refractivity contribution in [3.05, 3.63) is 15.8 Å². The molecule has 1 amide bonds. The first kappa shape index (κ1) is 22.8. The van der Waals surface area contributed by atoms with Gasteiger partial charge in [-0.2, -0.15) is 0 Å². The second kappa shape index (κ2) is 9.53. The largest absolute Gasteiger partial charge is 0.477 e. The van der Waals surface area contributed by atoms with Crippen LogP contribution in [0.5, 0.6) is 0 Å². The summed E-state index contributed by atoms with van der Waals surface area (Å²) in [5.74, 6) is 5.38. The number of thiophene rings is 1. The van der Waals surface area contributed by atoms with E-state index in [1.54, 1.807) is 11.0 Å². The number of hydrogen-bond donors (Lipinski definition) is 2. The molecule has 164 valence electrons. The van der Waals surface area contributed by atoms with Gasteiger partial charge in [0.1, 0.15) is 4.88 Å². The van der Waals surface area contributed by atoms with E-state index in [9.17, 15) is 19.8 Å². The Bertz CT molecular complexity index is 836. The Labute approximate surface area is 183 Å². The van der Waals surface area contributed by atoms with Crippen molar-refractivity contribution in [3.63, 3.8) is 0 Å². The monoisotopic (exact) mass is 431 g/mol. The second-order valence-electron chi connectivity index (χ2n) is 9.59. The van der Waals surface area contributed by atoms with Crippen LogP contribution < -0.4 is 4.90 Å². The van der Waals surface area contributed by atoms with Gasteiger partial charge < -0.3 is 15.1 Å². The third-order valence-electron chi connectivity index (χ3n) is 6.13. The molecular weight excluding hydrogens is 398 g/mol. The van der Waals surface area contributed by atoms with Gasteiger partial charge in [-0.05, 0) is 64.9 Å². The van der Waals surface area contributed by atoms with Crippen LogP contribution in [0.2, 0.25) is 0 Å². The number of anilines is 1. The molecular formula is C24H33NO4S. The number of rotatable bonds is 5. The first-order chi connectivity index (χ1) is 14.2. The molecule has 0 radical (unpaired) electrons. The first-order valence-corrected chi connectivity index (χ1v) is 11.9. The molecule has 30 heavy (non-hydrogen) atoms. The minimum Gasteiger partial charge on any atom is -0.477 e. The van der Waals surface area contributed by atoms with Crippen molar-refractivity contribution in [2.45, 2.75) is 78.2 Å². The summed E-state index contributed by atoms with van der Waals surface area (Å²) >= 11 is 1.15. The van der Waals surface area contributed by atoms with E-state index in [1.807, 2.05) is 20.8 Å². The van der Waals surface area contributed by atoms with Crippen LogP contribution in [0, 0.1) is 29.1 Å². The lowest BCUT2D eigenvalue weighted by Crippen LogP contribution is -2.52. The van der Waals surface area contributed by atoms with Crippen molar-refractivity contribution in [1.29, 1.82) is 0 Å². The molecule has 1 aliphatic carbocycles. The van der Waals surface area contributed by atoms with E-state index in [0.29, 0.717) is 22.9 Å². The molecule has 2 atom stereocenters. The number of aromatic carboxylic acids is 1. The van der Waals surface area contributed by atoms with Gasteiger partial charge in [-0.25, -0.2) is 4.79 Å². The van der Waals surface area contributed by atoms with Gasteiger partial charge in [0.2, 0.25) is 5.91 Å². The molecule has 1 saturated heterocycles. The molecule has 1 aromatic rings. The van der Waals surface area contributed by atoms with Gasteiger partial charge in [-0.3, -0.25) is 4.79 Å². The average Bonchev–Trinajstić information content (AvgIpc) is 3.12. The maximum absolute atomic E-state index is 13.5. The maximum atomic E-state index is 13.5. The number of carbonyl (C=O) groups excluding carboxylic acids is 1. The lowest BCUT2D eigenvalue weighted by molar-refractivity contribution is -0.125. The predicted octanol–water partition coefficient (Wildman–Crippen LogP) is 4.92. The second-order valence-corrected chi connectivity index (χ2v) is 10.6. The van der Waals surface area contributed by atoms with Crippen LogP contribution >= 0.6 is 11.3 Å². The van der Waals surface area contributed by atoms with Crippen LogP contribution in [0.1, 0.15) is 86.7 Å². The van der Waals surface area contributed by atoms with Gasteiger partial charge in [0.05, 0.1) is 10.6 Å². The molecule has 6 heteroatoms. The van der Waals surface area contributed by atoms with Gasteiger partial charge in [-0.1, -0.05) is 31.1 Å². The third-order valence-corrected chi connectivity index (χ3v) is 7.16. The number of hydrogen-bond acceptors (Lipinski definition) is 4. The topological polar surface area (TPSA) is 77.8 Å². The Morgan fingerprint density at radius 1 is 1.20 bits per heavy atom. The zero-order chi connectivity index (χ0) is 21.9. The molecule has 1 saturated carbocycles. The predicted molar refractivity (Wildman–Crippen MR) is 120 cm³/mol. The van der Waals surface area contributed by atoms with E-state index in [4.69, 9.17) is 0 Å². The van der Waals surface area contributed by atoms with Gasteiger partial charge in [-0.15, -0.1) is 11.3 Å². The highest BCUT2D eigenvalue weighted by Gasteiger charge is 2.41. The number of aliphatic hydroxyl groups excluding tert-OH is 1. The van der Waals surface area contributed by atoms with Crippen molar-refractivity contribution in [1.82, 2.24) is 0 Å². The molecule has 2 aliphatic rings. The zero-order valence-electron chi connectivity index (χ0n) is 18.2. The highest BCUT2D eigenvalue weighted by molar-refractivity contribution is 7.15. The van der Waals surface area contributed by atoms with Gasteiger partial charge in [0.25, 0.3) is 0 Å². The van der Waals surface area contributed by atoms with E-state index >= 15 is 0 Å². The Kier molecular flexibility index (Phi) is 7.26. The number of amides is 1. The van der Waals surface area contributed by atoms with Crippen molar-refractivity contribution in [2.75, 3.05) is 11.5 Å². The Morgan fingerprint density at radius 2 is 1.90 bits per heavy atom.